The third-order valence-electron chi connectivity index (χ3n) is 3.33. The number of carboxylic acids is 1. The van der Waals surface area contributed by atoms with Crippen molar-refractivity contribution < 1.29 is 14.3 Å². The van der Waals surface area contributed by atoms with E-state index in [9.17, 15) is 9.18 Å². The van der Waals surface area contributed by atoms with Crippen molar-refractivity contribution in [2.75, 3.05) is 0 Å². The molecule has 0 aliphatic carbocycles. The Morgan fingerprint density at radius 2 is 2.05 bits per heavy atom. The maximum absolute atomic E-state index is 13.3. The number of aromatic nitrogens is 3. The first-order valence-electron chi connectivity index (χ1n) is 5.99. The molecule has 0 aliphatic rings. The van der Waals surface area contributed by atoms with Crippen molar-refractivity contribution in [3.8, 4) is 11.3 Å². The molecule has 0 spiro atoms. The number of aromatic carboxylic acids is 1. The number of halogens is 1. The van der Waals surface area contributed by atoms with Crippen molar-refractivity contribution in [1.82, 2.24) is 14.3 Å². The van der Waals surface area contributed by atoms with E-state index in [1.54, 1.807) is 17.7 Å². The Labute approximate surface area is 113 Å². The summed E-state index contributed by atoms with van der Waals surface area (Å²) in [6.45, 7) is 0. The quantitative estimate of drug-likeness (QED) is 0.780. The molecule has 0 bridgehead atoms. The van der Waals surface area contributed by atoms with Crippen molar-refractivity contribution in [3.63, 3.8) is 0 Å². The smallest absolute Gasteiger partial charge is 0.356 e. The molecule has 2 aromatic heterocycles. The normalized spacial score (nSPS) is 11.2. The van der Waals surface area contributed by atoms with Gasteiger partial charge in [-0.1, -0.05) is 0 Å². The lowest BCUT2D eigenvalue weighted by Crippen LogP contribution is -1.99. The van der Waals surface area contributed by atoms with Gasteiger partial charge in [-0.25, -0.2) is 9.18 Å². The van der Waals surface area contributed by atoms with E-state index in [2.05, 4.69) is 5.10 Å². The van der Waals surface area contributed by atoms with Gasteiger partial charge in [-0.3, -0.25) is 4.68 Å². The third-order valence-corrected chi connectivity index (χ3v) is 3.33. The van der Waals surface area contributed by atoms with Gasteiger partial charge in [-0.2, -0.15) is 5.10 Å². The molecule has 0 fully saturated rings. The van der Waals surface area contributed by atoms with Crippen LogP contribution in [0.5, 0.6) is 0 Å². The molecular formula is C14H12FN3O2. The summed E-state index contributed by atoms with van der Waals surface area (Å²) in [4.78, 5) is 11.0. The number of nitrogens with zero attached hydrogens (tertiary/aromatic N) is 3. The summed E-state index contributed by atoms with van der Waals surface area (Å²) >= 11 is 0. The molecule has 0 atom stereocenters. The van der Waals surface area contributed by atoms with E-state index < -0.39 is 5.97 Å². The number of fused-ring (bicyclic) bond motifs is 1. The maximum Gasteiger partial charge on any atom is 0.356 e. The monoisotopic (exact) mass is 273 g/mol. The lowest BCUT2D eigenvalue weighted by Gasteiger charge is -1.99. The van der Waals surface area contributed by atoms with E-state index >= 15 is 0 Å². The van der Waals surface area contributed by atoms with Gasteiger partial charge < -0.3 is 9.67 Å². The van der Waals surface area contributed by atoms with Crippen LogP contribution in [0.2, 0.25) is 0 Å². The van der Waals surface area contributed by atoms with Crippen LogP contribution in [0.3, 0.4) is 0 Å². The zero-order valence-corrected chi connectivity index (χ0v) is 11.0. The molecular weight excluding hydrogens is 261 g/mol. The number of hydrogen-bond acceptors (Lipinski definition) is 2. The highest BCUT2D eigenvalue weighted by Gasteiger charge is 2.16. The predicted octanol–water partition coefficient (Wildman–Crippen LogP) is 2.42. The first kappa shape index (κ1) is 12.4. The van der Waals surface area contributed by atoms with Crippen LogP contribution in [0.1, 0.15) is 10.5 Å². The van der Waals surface area contributed by atoms with E-state index in [1.807, 2.05) is 13.2 Å². The molecule has 0 saturated heterocycles. The second-order valence-electron chi connectivity index (χ2n) is 4.66. The zero-order chi connectivity index (χ0) is 14.4. The van der Waals surface area contributed by atoms with Gasteiger partial charge in [0.05, 0.1) is 11.2 Å². The Balaban J connectivity index is 2.27. The predicted molar refractivity (Wildman–Crippen MR) is 72.0 cm³/mol. The fourth-order valence-corrected chi connectivity index (χ4v) is 2.39. The number of aryl methyl sites for hydroxylation is 2. The summed E-state index contributed by atoms with van der Waals surface area (Å²) < 4.78 is 16.6. The van der Waals surface area contributed by atoms with Crippen LogP contribution in [0, 0.1) is 5.82 Å². The Morgan fingerprint density at radius 3 is 2.70 bits per heavy atom. The lowest BCUT2D eigenvalue weighted by atomic mass is 10.1. The van der Waals surface area contributed by atoms with Crippen molar-refractivity contribution in [1.29, 1.82) is 0 Å². The number of hydrogen-bond donors (Lipinski definition) is 1. The molecule has 0 radical (unpaired) electrons. The highest BCUT2D eigenvalue weighted by atomic mass is 19.1. The van der Waals surface area contributed by atoms with Gasteiger partial charge in [0.2, 0.25) is 0 Å². The summed E-state index contributed by atoms with van der Waals surface area (Å²) in [6, 6.07) is 6.04. The summed E-state index contributed by atoms with van der Waals surface area (Å²) in [5.41, 5.74) is 2.24. The standard InChI is InChI=1S/C14H12FN3O2/c1-17-7-10(9-4-3-8(15)5-12(9)17)13-6-11(14(19)20)16-18(13)2/h3-7H,1-2H3,(H,19,20). The molecule has 2 heterocycles. The Hall–Kier alpha value is -2.63. The molecule has 3 rings (SSSR count). The van der Waals surface area contributed by atoms with Gasteiger partial charge in [0, 0.05) is 31.2 Å². The molecule has 1 aromatic carbocycles. The molecule has 0 unspecified atom stereocenters. The van der Waals surface area contributed by atoms with Crippen LogP contribution in [0.4, 0.5) is 4.39 Å². The lowest BCUT2D eigenvalue weighted by molar-refractivity contribution is 0.0689. The van der Waals surface area contributed by atoms with Crippen molar-refractivity contribution in [3.05, 3.63) is 42.0 Å². The number of carbonyl (C=O) groups is 1. The maximum atomic E-state index is 13.3. The Bertz CT molecular complexity index is 832. The van der Waals surface area contributed by atoms with Gasteiger partial charge >= 0.3 is 5.97 Å². The van der Waals surface area contributed by atoms with E-state index in [-0.39, 0.29) is 11.5 Å². The van der Waals surface area contributed by atoms with Crippen LogP contribution in [-0.2, 0) is 14.1 Å². The van der Waals surface area contributed by atoms with Gasteiger partial charge in [0.15, 0.2) is 5.69 Å². The minimum absolute atomic E-state index is 0.0124. The third kappa shape index (κ3) is 1.77. The van der Waals surface area contributed by atoms with Crippen molar-refractivity contribution in [2.24, 2.45) is 14.1 Å². The summed E-state index contributed by atoms with van der Waals surface area (Å²) in [5, 5.41) is 13.8. The first-order valence-corrected chi connectivity index (χ1v) is 5.99. The molecule has 3 aromatic rings. The van der Waals surface area contributed by atoms with E-state index in [0.29, 0.717) is 5.69 Å². The Morgan fingerprint density at radius 1 is 1.30 bits per heavy atom. The highest BCUT2D eigenvalue weighted by molar-refractivity contribution is 5.96. The Kier molecular flexibility index (Phi) is 2.60. The average molecular weight is 273 g/mol. The molecule has 5 nitrogen and oxygen atoms in total. The second-order valence-corrected chi connectivity index (χ2v) is 4.66. The van der Waals surface area contributed by atoms with Gasteiger partial charge in [-0.15, -0.1) is 0 Å². The van der Waals surface area contributed by atoms with E-state index in [0.717, 1.165) is 16.5 Å². The summed E-state index contributed by atoms with van der Waals surface area (Å²) in [7, 11) is 3.50. The van der Waals surface area contributed by atoms with Crippen LogP contribution in [0.25, 0.3) is 22.2 Å². The fraction of sp³-hybridized carbons (Fsp3) is 0.143. The fourth-order valence-electron chi connectivity index (χ4n) is 2.39. The molecule has 0 saturated carbocycles. The molecule has 0 amide bonds. The number of rotatable bonds is 2. The minimum atomic E-state index is -1.07. The van der Waals surface area contributed by atoms with Crippen LogP contribution < -0.4 is 0 Å². The zero-order valence-electron chi connectivity index (χ0n) is 11.0. The SMILES string of the molecule is Cn1nc(C(=O)O)cc1-c1cn(C)c2cc(F)ccc12. The molecule has 0 aliphatic heterocycles. The summed E-state index contributed by atoms with van der Waals surface area (Å²) in [5.74, 6) is -1.38. The molecule has 1 N–H and O–H groups in total. The molecule has 102 valence electrons. The number of carboxylic acid groups (broad SMARTS) is 1. The minimum Gasteiger partial charge on any atom is -0.476 e. The second kappa shape index (κ2) is 4.19. The number of benzene rings is 1. The van der Waals surface area contributed by atoms with Gasteiger partial charge in [0.1, 0.15) is 5.82 Å². The van der Waals surface area contributed by atoms with Crippen LogP contribution >= 0.6 is 0 Å². The van der Waals surface area contributed by atoms with E-state index in [1.165, 1.54) is 22.9 Å². The highest BCUT2D eigenvalue weighted by Crippen LogP contribution is 2.30. The van der Waals surface area contributed by atoms with Gasteiger partial charge in [0.25, 0.3) is 0 Å². The summed E-state index contributed by atoms with van der Waals surface area (Å²) in [6.07, 6.45) is 1.84. The van der Waals surface area contributed by atoms with Gasteiger partial charge in [-0.05, 0) is 24.3 Å². The average Bonchev–Trinajstić information content (AvgIpc) is 2.91. The van der Waals surface area contributed by atoms with Crippen LogP contribution in [-0.4, -0.2) is 25.4 Å². The molecule has 20 heavy (non-hydrogen) atoms. The van der Waals surface area contributed by atoms with Crippen LogP contribution in [0.15, 0.2) is 30.5 Å². The van der Waals surface area contributed by atoms with Crippen molar-refractivity contribution in [2.45, 2.75) is 0 Å². The first-order chi connectivity index (χ1) is 9.47. The largest absolute Gasteiger partial charge is 0.476 e. The topological polar surface area (TPSA) is 60.1 Å². The van der Waals surface area contributed by atoms with E-state index in [4.69, 9.17) is 5.11 Å². The van der Waals surface area contributed by atoms with Crippen molar-refractivity contribution >= 4 is 16.9 Å². The molecule has 6 heteroatoms.